The highest BCUT2D eigenvalue weighted by atomic mass is 16.4. The first-order valence-electron chi connectivity index (χ1n) is 8.18. The molecule has 118 valence electrons. The predicted octanol–water partition coefficient (Wildman–Crippen LogP) is 2.41. The van der Waals surface area contributed by atoms with E-state index in [1.165, 1.54) is 25.7 Å². The van der Waals surface area contributed by atoms with Gasteiger partial charge in [0.25, 0.3) is 0 Å². The quantitative estimate of drug-likeness (QED) is 0.869. The topological polar surface area (TPSA) is 60.9 Å². The molecule has 5 heteroatoms. The van der Waals surface area contributed by atoms with Crippen molar-refractivity contribution in [1.82, 2.24) is 9.80 Å². The lowest BCUT2D eigenvalue weighted by atomic mass is 9.88. The molecule has 3 rings (SSSR count). The van der Waals surface area contributed by atoms with Crippen molar-refractivity contribution in [3.05, 3.63) is 0 Å². The molecule has 21 heavy (non-hydrogen) atoms. The molecule has 0 aromatic rings. The normalized spacial score (nSPS) is 38.0. The van der Waals surface area contributed by atoms with E-state index in [0.29, 0.717) is 18.9 Å². The van der Waals surface area contributed by atoms with Crippen molar-refractivity contribution < 1.29 is 14.7 Å². The molecule has 2 bridgehead atoms. The Kier molecular flexibility index (Phi) is 3.62. The van der Waals surface area contributed by atoms with E-state index in [-0.39, 0.29) is 6.03 Å². The third-order valence-corrected chi connectivity index (χ3v) is 6.05. The smallest absolute Gasteiger partial charge is 0.329 e. The van der Waals surface area contributed by atoms with E-state index in [0.717, 1.165) is 24.8 Å². The summed E-state index contributed by atoms with van der Waals surface area (Å²) in [4.78, 5) is 27.5. The molecule has 0 spiro atoms. The molecule has 1 heterocycles. The van der Waals surface area contributed by atoms with Crippen molar-refractivity contribution in [2.75, 3.05) is 20.1 Å². The highest BCUT2D eigenvalue weighted by molar-refractivity contribution is 5.86. The standard InChI is InChI=1S/C16H26N2O3/c1-16(14(19)20)6-3-7-18(16)15(21)17(2)10-13-9-11-4-5-12(13)8-11/h11-13H,3-10H2,1-2H3,(H,19,20). The molecule has 0 aromatic heterocycles. The Balaban J connectivity index is 1.63. The summed E-state index contributed by atoms with van der Waals surface area (Å²) in [6, 6.07) is -0.111. The van der Waals surface area contributed by atoms with Gasteiger partial charge in [-0.25, -0.2) is 9.59 Å². The molecule has 0 aromatic carbocycles. The maximum Gasteiger partial charge on any atom is 0.329 e. The van der Waals surface area contributed by atoms with Gasteiger partial charge in [0.2, 0.25) is 0 Å². The van der Waals surface area contributed by atoms with Gasteiger partial charge in [0.1, 0.15) is 5.54 Å². The van der Waals surface area contributed by atoms with E-state index < -0.39 is 11.5 Å². The van der Waals surface area contributed by atoms with E-state index in [1.54, 1.807) is 16.7 Å². The number of nitrogens with zero attached hydrogens (tertiary/aromatic N) is 2. The lowest BCUT2D eigenvalue weighted by molar-refractivity contribution is -0.147. The van der Waals surface area contributed by atoms with Crippen LogP contribution in [-0.2, 0) is 4.79 Å². The van der Waals surface area contributed by atoms with Crippen LogP contribution in [-0.4, -0.2) is 52.6 Å². The van der Waals surface area contributed by atoms with Crippen LogP contribution < -0.4 is 0 Å². The first-order chi connectivity index (χ1) is 9.91. The first kappa shape index (κ1) is 14.7. The van der Waals surface area contributed by atoms with Gasteiger partial charge in [-0.05, 0) is 56.8 Å². The summed E-state index contributed by atoms with van der Waals surface area (Å²) in [7, 11) is 1.83. The SMILES string of the molecule is CN(CC1CC2CCC1C2)C(=O)N1CCCC1(C)C(=O)O. The maximum absolute atomic E-state index is 12.6. The van der Waals surface area contributed by atoms with Crippen molar-refractivity contribution in [3.8, 4) is 0 Å². The Hall–Kier alpha value is -1.26. The van der Waals surface area contributed by atoms with E-state index >= 15 is 0 Å². The Labute approximate surface area is 126 Å². The highest BCUT2D eigenvalue weighted by Crippen LogP contribution is 2.48. The molecule has 1 saturated heterocycles. The number of hydrogen-bond acceptors (Lipinski definition) is 2. The van der Waals surface area contributed by atoms with Gasteiger partial charge in [0, 0.05) is 20.1 Å². The van der Waals surface area contributed by atoms with Crippen LogP contribution in [0.15, 0.2) is 0 Å². The fourth-order valence-corrected chi connectivity index (χ4v) is 4.73. The zero-order chi connectivity index (χ0) is 15.2. The largest absolute Gasteiger partial charge is 0.480 e. The molecule has 0 radical (unpaired) electrons. The number of fused-ring (bicyclic) bond motifs is 2. The zero-order valence-corrected chi connectivity index (χ0v) is 13.0. The van der Waals surface area contributed by atoms with E-state index in [2.05, 4.69) is 0 Å². The number of hydrogen-bond donors (Lipinski definition) is 1. The second-order valence-corrected chi connectivity index (χ2v) is 7.43. The number of aliphatic carboxylic acids is 1. The fourth-order valence-electron chi connectivity index (χ4n) is 4.73. The first-order valence-corrected chi connectivity index (χ1v) is 8.18. The average molecular weight is 294 g/mol. The fraction of sp³-hybridized carbons (Fsp3) is 0.875. The van der Waals surface area contributed by atoms with Crippen molar-refractivity contribution in [3.63, 3.8) is 0 Å². The van der Waals surface area contributed by atoms with Crippen LogP contribution in [0.4, 0.5) is 4.79 Å². The van der Waals surface area contributed by atoms with E-state index in [1.807, 2.05) is 7.05 Å². The summed E-state index contributed by atoms with van der Waals surface area (Å²) in [5.74, 6) is 1.40. The molecule has 4 atom stereocenters. The second kappa shape index (κ2) is 5.18. The van der Waals surface area contributed by atoms with Gasteiger partial charge in [-0.1, -0.05) is 6.42 Å². The van der Waals surface area contributed by atoms with E-state index in [9.17, 15) is 14.7 Å². The molecule has 2 aliphatic carbocycles. The van der Waals surface area contributed by atoms with Crippen LogP contribution >= 0.6 is 0 Å². The minimum Gasteiger partial charge on any atom is -0.480 e. The number of carboxylic acids is 1. The number of likely N-dealkylation sites (tertiary alicyclic amines) is 1. The molecule has 1 aliphatic heterocycles. The molecule has 2 amide bonds. The molecular formula is C16H26N2O3. The van der Waals surface area contributed by atoms with Crippen LogP contribution in [0.5, 0.6) is 0 Å². The summed E-state index contributed by atoms with van der Waals surface area (Å²) >= 11 is 0. The average Bonchev–Trinajstić information content (AvgIpc) is 3.13. The number of urea groups is 1. The molecule has 4 unspecified atom stereocenters. The summed E-state index contributed by atoms with van der Waals surface area (Å²) in [5.41, 5.74) is -1.03. The molecule has 3 aliphatic rings. The Morgan fingerprint density at radius 1 is 1.33 bits per heavy atom. The van der Waals surface area contributed by atoms with Crippen LogP contribution in [0.2, 0.25) is 0 Å². The Morgan fingerprint density at radius 3 is 2.67 bits per heavy atom. The number of carbonyl (C=O) groups excluding carboxylic acids is 1. The number of carboxylic acid groups (broad SMARTS) is 1. The van der Waals surface area contributed by atoms with Gasteiger partial charge in [0.05, 0.1) is 0 Å². The van der Waals surface area contributed by atoms with Gasteiger partial charge in [-0.3, -0.25) is 0 Å². The minimum atomic E-state index is -1.03. The van der Waals surface area contributed by atoms with Crippen molar-refractivity contribution in [1.29, 1.82) is 0 Å². The van der Waals surface area contributed by atoms with Gasteiger partial charge < -0.3 is 14.9 Å². The lowest BCUT2D eigenvalue weighted by Gasteiger charge is -2.36. The van der Waals surface area contributed by atoms with Gasteiger partial charge in [-0.15, -0.1) is 0 Å². The maximum atomic E-state index is 12.6. The Morgan fingerprint density at radius 2 is 2.10 bits per heavy atom. The summed E-state index contributed by atoms with van der Waals surface area (Å²) in [6.07, 6.45) is 6.59. The van der Waals surface area contributed by atoms with Crippen LogP contribution in [0, 0.1) is 17.8 Å². The lowest BCUT2D eigenvalue weighted by Crippen LogP contribution is -2.55. The molecule has 3 fully saturated rings. The minimum absolute atomic E-state index is 0.111. The molecule has 1 N–H and O–H groups in total. The zero-order valence-electron chi connectivity index (χ0n) is 13.0. The summed E-state index contributed by atoms with van der Waals surface area (Å²) in [5, 5.41) is 9.43. The summed E-state index contributed by atoms with van der Waals surface area (Å²) < 4.78 is 0. The van der Waals surface area contributed by atoms with Crippen LogP contribution in [0.1, 0.15) is 45.4 Å². The monoisotopic (exact) mass is 294 g/mol. The van der Waals surface area contributed by atoms with Gasteiger partial charge in [-0.2, -0.15) is 0 Å². The third kappa shape index (κ3) is 2.40. The Bertz CT molecular complexity index is 453. The molecule has 2 saturated carbocycles. The van der Waals surface area contributed by atoms with Crippen molar-refractivity contribution in [2.45, 2.75) is 51.0 Å². The van der Waals surface area contributed by atoms with Gasteiger partial charge >= 0.3 is 12.0 Å². The highest BCUT2D eigenvalue weighted by Gasteiger charge is 2.47. The molecule has 5 nitrogen and oxygen atoms in total. The number of rotatable bonds is 3. The predicted molar refractivity (Wildman–Crippen MR) is 78.9 cm³/mol. The van der Waals surface area contributed by atoms with Crippen LogP contribution in [0.3, 0.4) is 0 Å². The van der Waals surface area contributed by atoms with E-state index in [4.69, 9.17) is 0 Å². The van der Waals surface area contributed by atoms with Crippen LogP contribution in [0.25, 0.3) is 0 Å². The second-order valence-electron chi connectivity index (χ2n) is 7.43. The molecular weight excluding hydrogens is 268 g/mol. The third-order valence-electron chi connectivity index (χ3n) is 6.05. The van der Waals surface area contributed by atoms with Gasteiger partial charge in [0.15, 0.2) is 0 Å². The number of amides is 2. The van der Waals surface area contributed by atoms with Crippen molar-refractivity contribution >= 4 is 12.0 Å². The van der Waals surface area contributed by atoms with Crippen molar-refractivity contribution in [2.24, 2.45) is 17.8 Å². The summed E-state index contributed by atoms with van der Waals surface area (Å²) in [6.45, 7) is 3.01. The number of carbonyl (C=O) groups is 2.